The molecule has 6 nitrogen and oxygen atoms in total. The van der Waals surface area contributed by atoms with Crippen LogP contribution in [0.2, 0.25) is 0 Å². The lowest BCUT2D eigenvalue weighted by atomic mass is 10.1. The Hall–Kier alpha value is -1.35. The van der Waals surface area contributed by atoms with E-state index in [-0.39, 0.29) is 36.4 Å². The van der Waals surface area contributed by atoms with Crippen molar-refractivity contribution >= 4 is 41.5 Å². The van der Waals surface area contributed by atoms with Gasteiger partial charge in [0.2, 0.25) is 5.91 Å². The third-order valence-corrected chi connectivity index (χ3v) is 5.04. The van der Waals surface area contributed by atoms with Crippen LogP contribution in [0.25, 0.3) is 0 Å². The van der Waals surface area contributed by atoms with Crippen molar-refractivity contribution in [1.82, 2.24) is 15.5 Å². The lowest BCUT2D eigenvalue weighted by Gasteiger charge is -2.21. The van der Waals surface area contributed by atoms with E-state index < -0.39 is 0 Å². The number of rotatable bonds is 7. The van der Waals surface area contributed by atoms with Crippen LogP contribution in [0.15, 0.2) is 29.3 Å². The lowest BCUT2D eigenvalue weighted by molar-refractivity contribution is -0.114. The highest BCUT2D eigenvalue weighted by molar-refractivity contribution is 14.0. The van der Waals surface area contributed by atoms with Gasteiger partial charge in [0.15, 0.2) is 5.96 Å². The number of aryl methyl sites for hydroxylation is 1. The molecule has 1 fully saturated rings. The minimum absolute atomic E-state index is 0. The number of guanidine groups is 1. The Kier molecular flexibility index (Phi) is 10.8. The van der Waals surface area contributed by atoms with Gasteiger partial charge in [-0.1, -0.05) is 26.0 Å². The first-order valence-electron chi connectivity index (χ1n) is 10.1. The van der Waals surface area contributed by atoms with Crippen LogP contribution < -0.4 is 16.0 Å². The van der Waals surface area contributed by atoms with Crippen molar-refractivity contribution in [3.05, 3.63) is 29.8 Å². The maximum Gasteiger partial charge on any atom is 0.246 e. The summed E-state index contributed by atoms with van der Waals surface area (Å²) in [6.45, 7) is 13.8. The summed E-state index contributed by atoms with van der Waals surface area (Å²) < 4.78 is 0. The van der Waals surface area contributed by atoms with Gasteiger partial charge in [-0.25, -0.2) is 4.99 Å². The van der Waals surface area contributed by atoms with Crippen LogP contribution in [0.3, 0.4) is 0 Å². The van der Waals surface area contributed by atoms with Crippen molar-refractivity contribution in [2.75, 3.05) is 31.5 Å². The number of carbonyl (C=O) groups is 1. The van der Waals surface area contributed by atoms with Crippen LogP contribution in [0.5, 0.6) is 0 Å². The third-order valence-electron chi connectivity index (χ3n) is 5.04. The van der Waals surface area contributed by atoms with E-state index in [9.17, 15) is 4.79 Å². The van der Waals surface area contributed by atoms with Gasteiger partial charge in [-0.3, -0.25) is 9.69 Å². The smallest absolute Gasteiger partial charge is 0.246 e. The number of halogens is 1. The molecule has 1 aliphatic heterocycles. The highest BCUT2D eigenvalue weighted by Crippen LogP contribution is 2.18. The number of aliphatic imine (C=N–C) groups is 1. The Morgan fingerprint density at radius 1 is 1.29 bits per heavy atom. The van der Waals surface area contributed by atoms with Gasteiger partial charge in [0.05, 0.1) is 0 Å². The van der Waals surface area contributed by atoms with Crippen molar-refractivity contribution in [3.8, 4) is 0 Å². The largest absolute Gasteiger partial charge is 0.357 e. The second-order valence-corrected chi connectivity index (χ2v) is 7.57. The molecule has 1 heterocycles. The molecule has 0 bridgehead atoms. The zero-order valence-corrected chi connectivity index (χ0v) is 20.1. The molecule has 1 aromatic rings. The molecular formula is C21H36IN5O. The number of nitrogens with one attached hydrogen (secondary N) is 3. The molecule has 2 unspecified atom stereocenters. The van der Waals surface area contributed by atoms with E-state index in [1.807, 2.05) is 25.1 Å². The van der Waals surface area contributed by atoms with Crippen LogP contribution in [0.4, 0.5) is 5.69 Å². The summed E-state index contributed by atoms with van der Waals surface area (Å²) in [7, 11) is 0. The number of carbonyl (C=O) groups excluding carboxylic acids is 1. The Balaban J connectivity index is 0.00000392. The Morgan fingerprint density at radius 3 is 2.64 bits per heavy atom. The molecule has 0 aliphatic carbocycles. The van der Waals surface area contributed by atoms with Crippen LogP contribution in [0, 0.1) is 5.92 Å². The topological polar surface area (TPSA) is 68.8 Å². The number of hydrogen-bond donors (Lipinski definition) is 3. The van der Waals surface area contributed by atoms with Gasteiger partial charge in [0.25, 0.3) is 0 Å². The van der Waals surface area contributed by atoms with Gasteiger partial charge in [0, 0.05) is 37.4 Å². The molecule has 0 spiro atoms. The zero-order chi connectivity index (χ0) is 19.8. The van der Waals surface area contributed by atoms with Crippen molar-refractivity contribution in [2.24, 2.45) is 10.9 Å². The fourth-order valence-electron chi connectivity index (χ4n) is 3.33. The normalized spacial score (nSPS) is 20.0. The number of hydrogen-bond acceptors (Lipinski definition) is 3. The summed E-state index contributed by atoms with van der Waals surface area (Å²) in [4.78, 5) is 19.2. The summed E-state index contributed by atoms with van der Waals surface area (Å²) in [5.74, 6) is 1.14. The average molecular weight is 501 g/mol. The summed E-state index contributed by atoms with van der Waals surface area (Å²) in [5, 5.41) is 9.69. The molecule has 0 aromatic heterocycles. The number of benzene rings is 1. The van der Waals surface area contributed by atoms with E-state index in [1.165, 1.54) is 5.56 Å². The molecule has 158 valence electrons. The Bertz CT molecular complexity index is 649. The Labute approximate surface area is 187 Å². The third kappa shape index (κ3) is 7.58. The lowest BCUT2D eigenvalue weighted by Crippen LogP contribution is -2.47. The van der Waals surface area contributed by atoms with Crippen molar-refractivity contribution in [2.45, 2.75) is 53.1 Å². The van der Waals surface area contributed by atoms with Crippen LogP contribution in [-0.4, -0.2) is 55.0 Å². The first-order chi connectivity index (χ1) is 12.9. The quantitative estimate of drug-likeness (QED) is 0.305. The zero-order valence-electron chi connectivity index (χ0n) is 17.8. The molecule has 1 amide bonds. The molecule has 1 aromatic carbocycles. The summed E-state index contributed by atoms with van der Waals surface area (Å²) in [5.41, 5.74) is 2.03. The van der Waals surface area contributed by atoms with E-state index in [0.29, 0.717) is 24.0 Å². The molecule has 2 rings (SSSR count). The molecule has 7 heteroatoms. The number of amides is 1. The molecule has 3 N–H and O–H groups in total. The standard InChI is InChI=1S/C21H35N5O.HI/c1-6-17-9-8-10-18(11-17)24-20(27)12-23-21(22-7-2)25-19-14-26(15(3)4)13-16(19)5;/h8-11,15-16,19H,6-7,12-14H2,1-5H3,(H,24,27)(H2,22,23,25);1H. The first kappa shape index (κ1) is 24.7. The van der Waals surface area contributed by atoms with E-state index >= 15 is 0 Å². The molecule has 28 heavy (non-hydrogen) atoms. The van der Waals surface area contributed by atoms with E-state index in [1.54, 1.807) is 0 Å². The van der Waals surface area contributed by atoms with Gasteiger partial charge in [-0.05, 0) is 50.8 Å². The summed E-state index contributed by atoms with van der Waals surface area (Å²) in [6, 6.07) is 8.82. The van der Waals surface area contributed by atoms with Gasteiger partial charge in [-0.15, -0.1) is 24.0 Å². The van der Waals surface area contributed by atoms with Crippen molar-refractivity contribution < 1.29 is 4.79 Å². The van der Waals surface area contributed by atoms with Gasteiger partial charge < -0.3 is 16.0 Å². The summed E-state index contributed by atoms with van der Waals surface area (Å²) >= 11 is 0. The van der Waals surface area contributed by atoms with Crippen LogP contribution in [0.1, 0.15) is 40.2 Å². The molecule has 2 atom stereocenters. The van der Waals surface area contributed by atoms with Gasteiger partial charge in [-0.2, -0.15) is 0 Å². The minimum Gasteiger partial charge on any atom is -0.357 e. The van der Waals surface area contributed by atoms with Crippen LogP contribution in [-0.2, 0) is 11.2 Å². The molecule has 0 radical (unpaired) electrons. The highest BCUT2D eigenvalue weighted by atomic mass is 127. The van der Waals surface area contributed by atoms with Gasteiger partial charge >= 0.3 is 0 Å². The molecule has 1 saturated heterocycles. The van der Waals surface area contributed by atoms with E-state index in [2.05, 4.69) is 59.6 Å². The highest BCUT2D eigenvalue weighted by Gasteiger charge is 2.31. The fraction of sp³-hybridized carbons (Fsp3) is 0.619. The maximum atomic E-state index is 12.3. The predicted molar refractivity (Wildman–Crippen MR) is 129 cm³/mol. The SMILES string of the molecule is CCNC(=NCC(=O)Nc1cccc(CC)c1)NC1CN(C(C)C)CC1C.I. The van der Waals surface area contributed by atoms with Crippen molar-refractivity contribution in [1.29, 1.82) is 0 Å². The number of anilines is 1. The van der Waals surface area contributed by atoms with E-state index in [0.717, 1.165) is 31.7 Å². The Morgan fingerprint density at radius 2 is 2.04 bits per heavy atom. The minimum atomic E-state index is -0.108. The fourth-order valence-corrected chi connectivity index (χ4v) is 3.33. The summed E-state index contributed by atoms with van der Waals surface area (Å²) in [6.07, 6.45) is 0.948. The second-order valence-electron chi connectivity index (χ2n) is 7.57. The molecular weight excluding hydrogens is 465 g/mol. The first-order valence-corrected chi connectivity index (χ1v) is 10.1. The van der Waals surface area contributed by atoms with Crippen molar-refractivity contribution in [3.63, 3.8) is 0 Å². The average Bonchev–Trinajstić information content (AvgIpc) is 3.01. The maximum absolute atomic E-state index is 12.3. The molecule has 1 aliphatic rings. The van der Waals surface area contributed by atoms with E-state index in [4.69, 9.17) is 0 Å². The number of nitrogens with zero attached hydrogens (tertiary/aromatic N) is 2. The van der Waals surface area contributed by atoms with Gasteiger partial charge in [0.1, 0.15) is 6.54 Å². The van der Waals surface area contributed by atoms with Crippen LogP contribution >= 0.6 is 24.0 Å². The predicted octanol–water partition coefficient (Wildman–Crippen LogP) is 3.09. The number of likely N-dealkylation sites (tertiary alicyclic amines) is 1. The second kappa shape index (κ2) is 12.3. The monoisotopic (exact) mass is 501 g/mol. The molecule has 0 saturated carbocycles.